The van der Waals surface area contributed by atoms with E-state index in [1.807, 2.05) is 30.3 Å². The van der Waals surface area contributed by atoms with E-state index in [1.54, 1.807) is 0 Å². The molecule has 1 amide bonds. The predicted octanol–water partition coefficient (Wildman–Crippen LogP) is 0.247. The van der Waals surface area contributed by atoms with Crippen molar-refractivity contribution < 1.29 is 19.8 Å². The van der Waals surface area contributed by atoms with E-state index in [1.165, 1.54) is 11.8 Å². The fourth-order valence-electron chi connectivity index (χ4n) is 2.05. The molecule has 1 aromatic rings. The van der Waals surface area contributed by atoms with Gasteiger partial charge in [-0.05, 0) is 18.9 Å². The normalized spacial score (nSPS) is 11.9. The third-order valence-corrected chi connectivity index (χ3v) is 3.12. The molecule has 0 radical (unpaired) electrons. The first-order valence-corrected chi connectivity index (χ1v) is 6.65. The summed E-state index contributed by atoms with van der Waals surface area (Å²) in [6.45, 7) is 1.25. The molecule has 1 unspecified atom stereocenters. The van der Waals surface area contributed by atoms with Crippen LogP contribution in [0.1, 0.15) is 12.5 Å². The fraction of sp³-hybridized carbons (Fsp3) is 0.467. The van der Waals surface area contributed by atoms with Crippen molar-refractivity contribution in [3.05, 3.63) is 35.9 Å². The minimum Gasteiger partial charge on any atom is -0.395 e. The SMILES string of the molecule is CC(=O)C(Cc1ccccc1)C(=O)N(CCO)CCO. The topological polar surface area (TPSA) is 77.8 Å². The number of aliphatic hydroxyl groups excluding tert-OH is 2. The van der Waals surface area contributed by atoms with E-state index in [9.17, 15) is 9.59 Å². The van der Waals surface area contributed by atoms with Crippen molar-refractivity contribution in [3.8, 4) is 0 Å². The number of rotatable bonds is 8. The van der Waals surface area contributed by atoms with Crippen LogP contribution in [0.2, 0.25) is 0 Å². The first-order chi connectivity index (χ1) is 9.60. The Balaban J connectivity index is 2.83. The first kappa shape index (κ1) is 16.3. The number of amides is 1. The summed E-state index contributed by atoms with van der Waals surface area (Å²) in [4.78, 5) is 25.4. The van der Waals surface area contributed by atoms with Gasteiger partial charge in [0, 0.05) is 13.1 Å². The van der Waals surface area contributed by atoms with Crippen LogP contribution in [-0.4, -0.2) is 53.1 Å². The number of hydrogen-bond donors (Lipinski definition) is 2. The van der Waals surface area contributed by atoms with E-state index in [0.717, 1.165) is 5.56 Å². The number of nitrogens with zero attached hydrogens (tertiary/aromatic N) is 1. The first-order valence-electron chi connectivity index (χ1n) is 6.65. The predicted molar refractivity (Wildman–Crippen MR) is 75.1 cm³/mol. The van der Waals surface area contributed by atoms with E-state index in [4.69, 9.17) is 10.2 Å². The van der Waals surface area contributed by atoms with Gasteiger partial charge in [0.05, 0.1) is 13.2 Å². The van der Waals surface area contributed by atoms with E-state index in [0.29, 0.717) is 6.42 Å². The number of Topliss-reactive ketones (excluding diaryl/α,β-unsaturated/α-hetero) is 1. The average molecular weight is 279 g/mol. The molecular weight excluding hydrogens is 258 g/mol. The number of hydrogen-bond acceptors (Lipinski definition) is 4. The molecule has 5 nitrogen and oxygen atoms in total. The molecule has 1 atom stereocenters. The van der Waals surface area contributed by atoms with Crippen LogP contribution in [-0.2, 0) is 16.0 Å². The number of ketones is 1. The van der Waals surface area contributed by atoms with E-state index in [2.05, 4.69) is 0 Å². The molecule has 0 fully saturated rings. The lowest BCUT2D eigenvalue weighted by molar-refractivity contribution is -0.141. The maximum Gasteiger partial charge on any atom is 0.233 e. The van der Waals surface area contributed by atoms with Crippen molar-refractivity contribution in [1.82, 2.24) is 4.90 Å². The zero-order valence-corrected chi connectivity index (χ0v) is 11.7. The molecule has 0 saturated carbocycles. The molecule has 1 aromatic carbocycles. The molecule has 0 aliphatic heterocycles. The lowest BCUT2D eigenvalue weighted by Gasteiger charge is -2.25. The van der Waals surface area contributed by atoms with Crippen molar-refractivity contribution in [1.29, 1.82) is 0 Å². The molecule has 0 aliphatic rings. The molecule has 20 heavy (non-hydrogen) atoms. The summed E-state index contributed by atoms with van der Waals surface area (Å²) in [7, 11) is 0. The van der Waals surface area contributed by atoms with Crippen molar-refractivity contribution in [2.75, 3.05) is 26.3 Å². The highest BCUT2D eigenvalue weighted by Crippen LogP contribution is 2.13. The van der Waals surface area contributed by atoms with Gasteiger partial charge in [-0.25, -0.2) is 0 Å². The van der Waals surface area contributed by atoms with Gasteiger partial charge < -0.3 is 15.1 Å². The molecular formula is C15H21NO4. The Morgan fingerprint density at radius 3 is 2.10 bits per heavy atom. The van der Waals surface area contributed by atoms with Gasteiger partial charge in [-0.2, -0.15) is 0 Å². The minimum absolute atomic E-state index is 0.123. The Morgan fingerprint density at radius 1 is 1.10 bits per heavy atom. The molecule has 110 valence electrons. The molecule has 0 heterocycles. The van der Waals surface area contributed by atoms with Crippen LogP contribution in [0, 0.1) is 5.92 Å². The summed E-state index contributed by atoms with van der Waals surface area (Å²) < 4.78 is 0. The molecule has 0 aromatic heterocycles. The van der Waals surface area contributed by atoms with Gasteiger partial charge in [0.1, 0.15) is 11.7 Å². The monoisotopic (exact) mass is 279 g/mol. The second-order valence-corrected chi connectivity index (χ2v) is 4.63. The maximum absolute atomic E-state index is 12.4. The Kier molecular flexibility index (Phi) is 6.90. The number of carbonyl (C=O) groups excluding carboxylic acids is 2. The van der Waals surface area contributed by atoms with Crippen LogP contribution < -0.4 is 0 Å². The minimum atomic E-state index is -0.768. The van der Waals surface area contributed by atoms with Crippen LogP contribution in [0.5, 0.6) is 0 Å². The van der Waals surface area contributed by atoms with Crippen LogP contribution >= 0.6 is 0 Å². The lowest BCUT2D eigenvalue weighted by Crippen LogP contribution is -2.42. The molecule has 5 heteroatoms. The Hall–Kier alpha value is -1.72. The van der Waals surface area contributed by atoms with Crippen molar-refractivity contribution in [2.45, 2.75) is 13.3 Å². The molecule has 0 saturated heterocycles. The number of aliphatic hydroxyl groups is 2. The summed E-state index contributed by atoms with van der Waals surface area (Å²) >= 11 is 0. The summed E-state index contributed by atoms with van der Waals surface area (Å²) in [5.74, 6) is -1.32. The molecule has 1 rings (SSSR count). The molecule has 0 spiro atoms. The van der Waals surface area contributed by atoms with Gasteiger partial charge in [0.2, 0.25) is 5.91 Å². The number of carbonyl (C=O) groups is 2. The third kappa shape index (κ3) is 4.75. The van der Waals surface area contributed by atoms with Crippen molar-refractivity contribution in [2.24, 2.45) is 5.92 Å². The Morgan fingerprint density at radius 2 is 1.65 bits per heavy atom. The van der Waals surface area contributed by atoms with Gasteiger partial charge >= 0.3 is 0 Å². The van der Waals surface area contributed by atoms with Crippen LogP contribution in [0.15, 0.2) is 30.3 Å². The number of benzene rings is 1. The highest BCUT2D eigenvalue weighted by atomic mass is 16.3. The average Bonchev–Trinajstić information content (AvgIpc) is 2.44. The third-order valence-electron chi connectivity index (χ3n) is 3.12. The molecule has 0 aliphatic carbocycles. The van der Waals surface area contributed by atoms with Crippen LogP contribution in [0.4, 0.5) is 0 Å². The van der Waals surface area contributed by atoms with Crippen molar-refractivity contribution >= 4 is 11.7 Å². The van der Waals surface area contributed by atoms with E-state index >= 15 is 0 Å². The Labute approximate surface area is 118 Å². The van der Waals surface area contributed by atoms with Crippen LogP contribution in [0.25, 0.3) is 0 Å². The highest BCUT2D eigenvalue weighted by Gasteiger charge is 2.27. The standard InChI is InChI=1S/C15H21NO4/c1-12(19)14(11-13-5-3-2-4-6-13)15(20)16(7-9-17)8-10-18/h2-6,14,17-18H,7-11H2,1H3. The van der Waals surface area contributed by atoms with Crippen LogP contribution in [0.3, 0.4) is 0 Å². The summed E-state index contributed by atoms with van der Waals surface area (Å²) in [5.41, 5.74) is 0.911. The summed E-state index contributed by atoms with van der Waals surface area (Å²) in [5, 5.41) is 17.9. The Bertz CT molecular complexity index is 427. The van der Waals surface area contributed by atoms with Gasteiger partial charge in [0.25, 0.3) is 0 Å². The van der Waals surface area contributed by atoms with Gasteiger partial charge in [-0.1, -0.05) is 30.3 Å². The molecule has 0 bridgehead atoms. The zero-order chi connectivity index (χ0) is 15.0. The largest absolute Gasteiger partial charge is 0.395 e. The maximum atomic E-state index is 12.4. The quantitative estimate of drug-likeness (QED) is 0.669. The highest BCUT2D eigenvalue weighted by molar-refractivity contribution is 6.00. The molecule has 2 N–H and O–H groups in total. The summed E-state index contributed by atoms with van der Waals surface area (Å²) in [6, 6.07) is 9.32. The second kappa shape index (κ2) is 8.45. The zero-order valence-electron chi connectivity index (χ0n) is 11.7. The lowest BCUT2D eigenvalue weighted by atomic mass is 9.94. The van der Waals surface area contributed by atoms with Gasteiger partial charge in [-0.15, -0.1) is 0 Å². The van der Waals surface area contributed by atoms with Gasteiger partial charge in [-0.3, -0.25) is 9.59 Å². The smallest absolute Gasteiger partial charge is 0.233 e. The van der Waals surface area contributed by atoms with Crippen molar-refractivity contribution in [3.63, 3.8) is 0 Å². The van der Waals surface area contributed by atoms with E-state index < -0.39 is 5.92 Å². The van der Waals surface area contributed by atoms with E-state index in [-0.39, 0.29) is 38.0 Å². The van der Waals surface area contributed by atoms with Gasteiger partial charge in [0.15, 0.2) is 0 Å². The second-order valence-electron chi connectivity index (χ2n) is 4.63. The fourth-order valence-corrected chi connectivity index (χ4v) is 2.05. The summed E-state index contributed by atoms with van der Waals surface area (Å²) in [6.07, 6.45) is 0.336.